The first-order valence-corrected chi connectivity index (χ1v) is 17.3. The zero-order chi connectivity index (χ0) is 33.7. The Labute approximate surface area is 280 Å². The number of benzene rings is 5. The summed E-state index contributed by atoms with van der Waals surface area (Å²) in [5.41, 5.74) is 4.43. The molecule has 48 heavy (non-hydrogen) atoms. The zero-order valence-electron chi connectivity index (χ0n) is 27.1. The second-order valence-corrected chi connectivity index (χ2v) is 13.8. The fraction of sp³-hybridized carbons (Fsp3) is 0.179. The highest BCUT2D eigenvalue weighted by Gasteiger charge is 2.28. The van der Waals surface area contributed by atoms with E-state index in [2.05, 4.69) is 10.0 Å². The predicted octanol–water partition coefficient (Wildman–Crippen LogP) is 8.44. The molecule has 1 aliphatic heterocycles. The lowest BCUT2D eigenvalue weighted by atomic mass is 9.91. The van der Waals surface area contributed by atoms with Crippen molar-refractivity contribution in [3.8, 4) is 22.5 Å². The van der Waals surface area contributed by atoms with E-state index in [1.165, 1.54) is 0 Å². The monoisotopic (exact) mass is 659 g/mol. The number of hydrogen-bond acceptors (Lipinski definition) is 7. The van der Waals surface area contributed by atoms with Gasteiger partial charge in [0.15, 0.2) is 0 Å². The summed E-state index contributed by atoms with van der Waals surface area (Å²) in [5, 5.41) is 4.85. The minimum Gasteiger partial charge on any atom is -0.464 e. The van der Waals surface area contributed by atoms with Gasteiger partial charge in [-0.1, -0.05) is 61.5 Å². The maximum absolute atomic E-state index is 13.8. The standard InChI is InChI=1S/C39H37N3O5S/c1-4-39(2,3)38(43)46-24-23-40-48(44,45)36-18-12-11-17-33(36)37-31-21-19-29(41-27-13-7-5-8-14-27)25-34(31)47-35-26-30(20-22-32(35)37)42-28-15-9-6-10-16-28/h5-22,25-26,40-41H,4,23-24H2,1-3H3. The minimum absolute atomic E-state index is 0.0628. The van der Waals surface area contributed by atoms with Crippen LogP contribution in [0.3, 0.4) is 0 Å². The van der Waals surface area contributed by atoms with Crippen molar-refractivity contribution in [3.63, 3.8) is 0 Å². The van der Waals surface area contributed by atoms with Gasteiger partial charge in [0, 0.05) is 52.1 Å². The number of rotatable bonds is 11. The number of hydrogen-bond donors (Lipinski definition) is 2. The summed E-state index contributed by atoms with van der Waals surface area (Å²) in [6.45, 7) is 5.37. The second-order valence-electron chi connectivity index (χ2n) is 12.1. The molecule has 0 amide bonds. The van der Waals surface area contributed by atoms with E-state index >= 15 is 0 Å². The van der Waals surface area contributed by atoms with Gasteiger partial charge in [0.25, 0.3) is 0 Å². The van der Waals surface area contributed by atoms with Crippen LogP contribution in [0.2, 0.25) is 0 Å². The highest BCUT2D eigenvalue weighted by atomic mass is 32.2. The minimum atomic E-state index is -4.02. The van der Waals surface area contributed by atoms with Crippen molar-refractivity contribution in [2.45, 2.75) is 32.1 Å². The molecule has 4 aromatic rings. The molecule has 8 nitrogen and oxygen atoms in total. The van der Waals surface area contributed by atoms with Gasteiger partial charge in [-0.2, -0.15) is 0 Å². The highest BCUT2D eigenvalue weighted by molar-refractivity contribution is 7.89. The Morgan fingerprint density at radius 3 is 2.27 bits per heavy atom. The maximum atomic E-state index is 13.8. The van der Waals surface area contributed by atoms with Gasteiger partial charge in [-0.3, -0.25) is 4.79 Å². The summed E-state index contributed by atoms with van der Waals surface area (Å²) >= 11 is 0. The van der Waals surface area contributed by atoms with Gasteiger partial charge in [-0.15, -0.1) is 0 Å². The Bertz CT molecular complexity index is 2210. The van der Waals surface area contributed by atoms with Crippen LogP contribution >= 0.6 is 0 Å². The number of esters is 1. The lowest BCUT2D eigenvalue weighted by molar-refractivity contribution is -0.153. The van der Waals surface area contributed by atoms with Crippen LogP contribution < -0.4 is 15.4 Å². The van der Waals surface area contributed by atoms with Gasteiger partial charge in [-0.05, 0) is 74.9 Å². The molecule has 244 valence electrons. The van der Waals surface area contributed by atoms with Gasteiger partial charge in [-0.25, -0.2) is 18.1 Å². The molecular weight excluding hydrogens is 623 g/mol. The van der Waals surface area contributed by atoms with Crippen LogP contribution in [0.15, 0.2) is 136 Å². The molecule has 0 aromatic heterocycles. The highest BCUT2D eigenvalue weighted by Crippen LogP contribution is 2.43. The molecule has 2 N–H and O–H groups in total. The lowest BCUT2D eigenvalue weighted by Crippen LogP contribution is -2.31. The third-order valence-corrected chi connectivity index (χ3v) is 9.81. The molecule has 9 heteroatoms. The number of fused-ring (bicyclic) bond motifs is 2. The number of carbonyl (C=O) groups excluding carboxylic acids is 1. The molecule has 0 fully saturated rings. The Hall–Kier alpha value is -5.25. The van der Waals surface area contributed by atoms with Crippen LogP contribution in [0.4, 0.5) is 17.1 Å². The SMILES string of the molecule is CCC(C)(C)C(=O)OCCNS(=O)(=O)c1ccccc1-c1c2ccc(=Nc3ccccc3)cc-2oc2cc(Nc3ccccc3)ccc12. The number of para-hydroxylation sites is 2. The second kappa shape index (κ2) is 13.9. The molecule has 4 aromatic carbocycles. The number of nitrogens with one attached hydrogen (secondary N) is 2. The van der Waals surface area contributed by atoms with Crippen molar-refractivity contribution in [1.29, 1.82) is 0 Å². The molecule has 1 heterocycles. The van der Waals surface area contributed by atoms with E-state index in [1.807, 2.05) is 110 Å². The fourth-order valence-corrected chi connectivity index (χ4v) is 6.53. The van der Waals surface area contributed by atoms with Gasteiger partial charge in [0.05, 0.1) is 21.4 Å². The van der Waals surface area contributed by atoms with Gasteiger partial charge < -0.3 is 14.5 Å². The van der Waals surface area contributed by atoms with Gasteiger partial charge in [0.1, 0.15) is 18.0 Å². The van der Waals surface area contributed by atoms with Crippen molar-refractivity contribution >= 4 is 44.0 Å². The Morgan fingerprint density at radius 2 is 1.52 bits per heavy atom. The maximum Gasteiger partial charge on any atom is 0.311 e. The summed E-state index contributed by atoms with van der Waals surface area (Å²) in [6, 6.07) is 37.8. The van der Waals surface area contributed by atoms with E-state index in [0.29, 0.717) is 34.2 Å². The Morgan fingerprint density at radius 1 is 0.812 bits per heavy atom. The van der Waals surface area contributed by atoms with Crippen molar-refractivity contribution in [2.24, 2.45) is 10.4 Å². The summed E-state index contributed by atoms with van der Waals surface area (Å²) in [6.07, 6.45) is 0.613. The first-order valence-electron chi connectivity index (χ1n) is 15.8. The smallest absolute Gasteiger partial charge is 0.311 e. The largest absolute Gasteiger partial charge is 0.464 e. The normalized spacial score (nSPS) is 12.4. The number of anilines is 2. The number of ether oxygens (including phenoxy) is 1. The summed E-state index contributed by atoms with van der Waals surface area (Å²) in [7, 11) is -4.02. The zero-order valence-corrected chi connectivity index (χ0v) is 27.9. The van der Waals surface area contributed by atoms with Crippen LogP contribution in [-0.4, -0.2) is 27.5 Å². The molecule has 6 rings (SSSR count). The fourth-order valence-electron chi connectivity index (χ4n) is 5.30. The van der Waals surface area contributed by atoms with Crippen LogP contribution in [-0.2, 0) is 19.6 Å². The number of sulfonamides is 1. The number of nitrogens with zero attached hydrogens (tertiary/aromatic N) is 1. The van der Waals surface area contributed by atoms with Crippen molar-refractivity contribution < 1.29 is 22.4 Å². The van der Waals surface area contributed by atoms with Crippen molar-refractivity contribution in [3.05, 3.63) is 127 Å². The Kier molecular flexibility index (Phi) is 9.43. The number of carbonyl (C=O) groups is 1. The van der Waals surface area contributed by atoms with E-state index in [0.717, 1.165) is 28.0 Å². The molecule has 0 spiro atoms. The van der Waals surface area contributed by atoms with Crippen LogP contribution in [0.25, 0.3) is 33.4 Å². The average molecular weight is 660 g/mol. The molecule has 0 radical (unpaired) electrons. The third-order valence-electron chi connectivity index (χ3n) is 8.29. The van der Waals surface area contributed by atoms with Gasteiger partial charge in [0.2, 0.25) is 10.0 Å². The molecule has 2 aliphatic rings. The van der Waals surface area contributed by atoms with Crippen molar-refractivity contribution in [2.75, 3.05) is 18.5 Å². The summed E-state index contributed by atoms with van der Waals surface area (Å²) in [4.78, 5) is 17.3. The first-order chi connectivity index (χ1) is 23.1. The molecule has 0 unspecified atom stereocenters. The molecule has 1 aliphatic carbocycles. The van der Waals surface area contributed by atoms with E-state index in [1.54, 1.807) is 32.0 Å². The average Bonchev–Trinajstić information content (AvgIpc) is 3.10. The predicted molar refractivity (Wildman–Crippen MR) is 190 cm³/mol. The summed E-state index contributed by atoms with van der Waals surface area (Å²) < 4.78 is 42.1. The first kappa shape index (κ1) is 32.7. The molecule has 0 saturated carbocycles. The topological polar surface area (TPSA) is 110 Å². The van der Waals surface area contributed by atoms with Crippen LogP contribution in [0.5, 0.6) is 0 Å². The van der Waals surface area contributed by atoms with E-state index in [-0.39, 0.29) is 24.0 Å². The lowest BCUT2D eigenvalue weighted by Gasteiger charge is -2.20. The van der Waals surface area contributed by atoms with E-state index in [4.69, 9.17) is 14.1 Å². The molecule has 0 saturated heterocycles. The van der Waals surface area contributed by atoms with E-state index in [9.17, 15) is 13.2 Å². The Balaban J connectivity index is 1.44. The van der Waals surface area contributed by atoms with Crippen molar-refractivity contribution in [1.82, 2.24) is 4.72 Å². The summed E-state index contributed by atoms with van der Waals surface area (Å²) in [5.74, 6) is 0.187. The van der Waals surface area contributed by atoms with Crippen LogP contribution in [0, 0.1) is 5.41 Å². The molecule has 0 bridgehead atoms. The van der Waals surface area contributed by atoms with Crippen LogP contribution in [0.1, 0.15) is 27.2 Å². The van der Waals surface area contributed by atoms with E-state index < -0.39 is 15.4 Å². The third kappa shape index (κ3) is 7.17. The molecular formula is C39H37N3O5S. The molecule has 0 atom stereocenters. The quantitative estimate of drug-likeness (QED) is 0.0821. The van der Waals surface area contributed by atoms with Gasteiger partial charge >= 0.3 is 5.97 Å².